The average Bonchev–Trinajstić information content (AvgIpc) is 2.56. The van der Waals surface area contributed by atoms with Gasteiger partial charge in [-0.15, -0.1) is 0 Å². The first-order valence-corrected chi connectivity index (χ1v) is 7.82. The fourth-order valence-electron chi connectivity index (χ4n) is 2.77. The van der Waals surface area contributed by atoms with Gasteiger partial charge in [-0.1, -0.05) is 25.1 Å². The molecule has 0 bridgehead atoms. The smallest absolute Gasteiger partial charge is 0.243 e. The van der Waals surface area contributed by atoms with Crippen molar-refractivity contribution in [2.75, 3.05) is 35.6 Å². The second kappa shape index (κ2) is 6.60. The van der Waals surface area contributed by atoms with Crippen molar-refractivity contribution in [2.45, 2.75) is 13.3 Å². The Morgan fingerprint density at radius 2 is 2.13 bits per heavy atom. The van der Waals surface area contributed by atoms with Crippen LogP contribution in [0.15, 0.2) is 42.5 Å². The molecule has 0 fully saturated rings. The number of ether oxygens (including phenoxy) is 1. The molecule has 1 heterocycles. The Labute approximate surface area is 136 Å². The number of amides is 1. The molecule has 2 aromatic carbocycles. The summed E-state index contributed by atoms with van der Waals surface area (Å²) in [4.78, 5) is 14.4. The van der Waals surface area contributed by atoms with Crippen molar-refractivity contribution >= 4 is 23.0 Å². The molecule has 0 unspecified atom stereocenters. The molecule has 0 radical (unpaired) electrons. The minimum Gasteiger partial charge on any atom is -0.490 e. The molecule has 1 aliphatic rings. The standard InChI is InChI=1S/C18H21N3O2/c1-2-13-5-3-4-6-15(13)20-18(22)12-21-9-10-23-17-8-7-14(19)11-16(17)21/h3-8,11H,2,9-10,12,19H2,1H3,(H,20,22). The van der Waals surface area contributed by atoms with Crippen molar-refractivity contribution in [3.8, 4) is 5.75 Å². The maximum absolute atomic E-state index is 12.4. The van der Waals surface area contributed by atoms with Crippen LogP contribution in [0.3, 0.4) is 0 Å². The molecule has 5 heteroatoms. The number of nitrogens with zero attached hydrogens (tertiary/aromatic N) is 1. The van der Waals surface area contributed by atoms with Crippen LogP contribution in [0.1, 0.15) is 12.5 Å². The molecular weight excluding hydrogens is 290 g/mol. The van der Waals surface area contributed by atoms with Crippen LogP contribution >= 0.6 is 0 Å². The van der Waals surface area contributed by atoms with E-state index in [0.717, 1.165) is 29.1 Å². The van der Waals surface area contributed by atoms with Crippen LogP contribution in [-0.4, -0.2) is 25.6 Å². The van der Waals surface area contributed by atoms with Crippen molar-refractivity contribution in [1.29, 1.82) is 0 Å². The van der Waals surface area contributed by atoms with E-state index in [1.54, 1.807) is 6.07 Å². The van der Waals surface area contributed by atoms with Crippen molar-refractivity contribution in [2.24, 2.45) is 0 Å². The van der Waals surface area contributed by atoms with Crippen molar-refractivity contribution in [3.05, 3.63) is 48.0 Å². The summed E-state index contributed by atoms with van der Waals surface area (Å²) in [6.45, 7) is 3.58. The third-order valence-electron chi connectivity index (χ3n) is 3.95. The normalized spacial score (nSPS) is 13.2. The number of nitrogens with two attached hydrogens (primary N) is 1. The highest BCUT2D eigenvalue weighted by Crippen LogP contribution is 2.33. The second-order valence-electron chi connectivity index (χ2n) is 5.56. The van der Waals surface area contributed by atoms with Crippen LogP contribution in [0.25, 0.3) is 0 Å². The zero-order valence-electron chi connectivity index (χ0n) is 13.2. The van der Waals surface area contributed by atoms with E-state index in [1.807, 2.05) is 41.3 Å². The number of nitrogen functional groups attached to an aromatic ring is 1. The highest BCUT2D eigenvalue weighted by Gasteiger charge is 2.20. The van der Waals surface area contributed by atoms with Crippen LogP contribution in [0, 0.1) is 0 Å². The van der Waals surface area contributed by atoms with E-state index in [1.165, 1.54) is 0 Å². The van der Waals surface area contributed by atoms with Gasteiger partial charge in [-0.25, -0.2) is 0 Å². The predicted octanol–water partition coefficient (Wildman–Crippen LogP) is 2.67. The van der Waals surface area contributed by atoms with Gasteiger partial charge in [-0.3, -0.25) is 4.79 Å². The van der Waals surface area contributed by atoms with Gasteiger partial charge in [0.15, 0.2) is 0 Å². The lowest BCUT2D eigenvalue weighted by molar-refractivity contribution is -0.115. The molecule has 3 rings (SSSR count). The zero-order chi connectivity index (χ0) is 16.2. The van der Waals surface area contributed by atoms with Gasteiger partial charge in [0.2, 0.25) is 5.91 Å². The quantitative estimate of drug-likeness (QED) is 0.852. The van der Waals surface area contributed by atoms with E-state index in [9.17, 15) is 4.79 Å². The minimum absolute atomic E-state index is 0.0406. The van der Waals surface area contributed by atoms with E-state index in [4.69, 9.17) is 10.5 Å². The minimum atomic E-state index is -0.0406. The number of hydrogen-bond acceptors (Lipinski definition) is 4. The molecule has 3 N–H and O–H groups in total. The first-order chi connectivity index (χ1) is 11.2. The van der Waals surface area contributed by atoms with Gasteiger partial charge in [0.05, 0.1) is 18.8 Å². The summed E-state index contributed by atoms with van der Waals surface area (Å²) in [7, 11) is 0. The first-order valence-electron chi connectivity index (χ1n) is 7.82. The Kier molecular flexibility index (Phi) is 4.37. The van der Waals surface area contributed by atoms with Crippen molar-refractivity contribution in [3.63, 3.8) is 0 Å². The number of nitrogens with one attached hydrogen (secondary N) is 1. The number of rotatable bonds is 4. The summed E-state index contributed by atoms with van der Waals surface area (Å²) in [5.41, 5.74) is 9.39. The van der Waals surface area contributed by atoms with Crippen molar-refractivity contribution < 1.29 is 9.53 Å². The lowest BCUT2D eigenvalue weighted by Crippen LogP contribution is -2.39. The number of anilines is 3. The van der Waals surface area contributed by atoms with E-state index in [0.29, 0.717) is 18.8 Å². The van der Waals surface area contributed by atoms with Crippen LogP contribution in [-0.2, 0) is 11.2 Å². The molecule has 2 aromatic rings. The lowest BCUT2D eigenvalue weighted by atomic mass is 10.1. The molecule has 0 aliphatic carbocycles. The van der Waals surface area contributed by atoms with Crippen LogP contribution in [0.5, 0.6) is 5.75 Å². The number of aryl methyl sites for hydroxylation is 1. The lowest BCUT2D eigenvalue weighted by Gasteiger charge is -2.31. The molecule has 0 saturated heterocycles. The topological polar surface area (TPSA) is 67.6 Å². The average molecular weight is 311 g/mol. The number of fused-ring (bicyclic) bond motifs is 1. The largest absolute Gasteiger partial charge is 0.490 e. The Morgan fingerprint density at radius 3 is 2.96 bits per heavy atom. The fourth-order valence-corrected chi connectivity index (χ4v) is 2.77. The third kappa shape index (κ3) is 3.39. The Morgan fingerprint density at radius 1 is 1.30 bits per heavy atom. The number of carbonyl (C=O) groups excluding carboxylic acids is 1. The fraction of sp³-hybridized carbons (Fsp3) is 0.278. The highest BCUT2D eigenvalue weighted by molar-refractivity contribution is 5.95. The van der Waals surface area contributed by atoms with Crippen LogP contribution < -0.4 is 20.7 Å². The van der Waals surface area contributed by atoms with Gasteiger partial charge >= 0.3 is 0 Å². The summed E-state index contributed by atoms with van der Waals surface area (Å²) >= 11 is 0. The van der Waals surface area contributed by atoms with E-state index < -0.39 is 0 Å². The molecule has 0 spiro atoms. The maximum atomic E-state index is 12.4. The van der Waals surface area contributed by atoms with E-state index in [-0.39, 0.29) is 12.5 Å². The Hall–Kier alpha value is -2.69. The molecule has 0 atom stereocenters. The van der Waals surface area contributed by atoms with Crippen molar-refractivity contribution in [1.82, 2.24) is 0 Å². The van der Waals surface area contributed by atoms with Crippen LogP contribution in [0.2, 0.25) is 0 Å². The molecule has 120 valence electrons. The second-order valence-corrected chi connectivity index (χ2v) is 5.56. The van der Waals surface area contributed by atoms with E-state index in [2.05, 4.69) is 12.2 Å². The molecule has 23 heavy (non-hydrogen) atoms. The summed E-state index contributed by atoms with van der Waals surface area (Å²) in [6, 6.07) is 13.4. The zero-order valence-corrected chi connectivity index (χ0v) is 13.2. The number of hydrogen-bond donors (Lipinski definition) is 2. The van der Waals surface area contributed by atoms with Gasteiger partial charge < -0.3 is 20.7 Å². The maximum Gasteiger partial charge on any atom is 0.243 e. The first kappa shape index (κ1) is 15.2. The summed E-state index contributed by atoms with van der Waals surface area (Å²) in [5, 5.41) is 3.00. The summed E-state index contributed by atoms with van der Waals surface area (Å²) in [5.74, 6) is 0.730. The van der Waals surface area contributed by atoms with Gasteiger partial charge in [0.1, 0.15) is 12.4 Å². The number of carbonyl (C=O) groups is 1. The molecule has 1 amide bonds. The Bertz CT molecular complexity index is 715. The number of para-hydroxylation sites is 1. The predicted molar refractivity (Wildman–Crippen MR) is 93.0 cm³/mol. The van der Waals surface area contributed by atoms with E-state index >= 15 is 0 Å². The molecule has 5 nitrogen and oxygen atoms in total. The monoisotopic (exact) mass is 311 g/mol. The number of benzene rings is 2. The van der Waals surface area contributed by atoms with Gasteiger partial charge in [-0.2, -0.15) is 0 Å². The third-order valence-corrected chi connectivity index (χ3v) is 3.95. The molecular formula is C18H21N3O2. The molecule has 0 saturated carbocycles. The SMILES string of the molecule is CCc1ccccc1NC(=O)CN1CCOc2ccc(N)cc21. The van der Waals surface area contributed by atoms with Gasteiger partial charge in [-0.05, 0) is 36.2 Å². The Balaban J connectivity index is 1.73. The van der Waals surface area contributed by atoms with Gasteiger partial charge in [0.25, 0.3) is 0 Å². The summed E-state index contributed by atoms with van der Waals surface area (Å²) < 4.78 is 5.62. The summed E-state index contributed by atoms with van der Waals surface area (Å²) in [6.07, 6.45) is 0.882. The highest BCUT2D eigenvalue weighted by atomic mass is 16.5. The van der Waals surface area contributed by atoms with Crippen LogP contribution in [0.4, 0.5) is 17.1 Å². The van der Waals surface area contributed by atoms with Gasteiger partial charge in [0, 0.05) is 11.4 Å². The molecule has 1 aliphatic heterocycles. The molecule has 0 aromatic heterocycles.